The molecule has 0 rings (SSSR count). The Kier molecular flexibility index (Phi) is 2110. The average molecular weight is 145 g/mol. The van der Waals surface area contributed by atoms with Crippen LogP contribution in [0.5, 0.6) is 0 Å². The van der Waals surface area contributed by atoms with Crippen molar-refractivity contribution in [2.75, 3.05) is 0 Å². The average Bonchev–Trinajstić information content (AvgIpc) is 0. The van der Waals surface area contributed by atoms with Crippen LogP contribution in [0, 0.1) is 0 Å². The van der Waals surface area contributed by atoms with Gasteiger partial charge in [-0.2, -0.15) is 0 Å². The summed E-state index contributed by atoms with van der Waals surface area (Å²) in [6.45, 7) is 0. The van der Waals surface area contributed by atoms with E-state index < -0.39 is 0 Å². The molecule has 0 aromatic heterocycles. The summed E-state index contributed by atoms with van der Waals surface area (Å²) < 4.78 is 0. The molecule has 24 valence electrons. The predicted octanol–water partition coefficient (Wildman–Crippen LogP) is -1.12. The molecule has 3 nitrogen and oxygen atoms in total. The van der Waals surface area contributed by atoms with Crippen LogP contribution in [0.1, 0.15) is 0 Å². The second-order valence-electron chi connectivity index (χ2n) is 0. The first-order chi connectivity index (χ1) is 0. The van der Waals surface area contributed by atoms with Crippen LogP contribution >= 0.6 is 0 Å². The molecule has 0 unspecified atom stereocenters. The van der Waals surface area contributed by atoms with Gasteiger partial charge in [0.1, 0.15) is 0 Å². The second kappa shape index (κ2) is 75.2. The Morgan fingerprint density at radius 1 is 0.600 bits per heavy atom. The molecular weight excluding hydrogens is 145 g/mol. The summed E-state index contributed by atoms with van der Waals surface area (Å²) in [5, 5.41) is 0. The van der Waals surface area contributed by atoms with Gasteiger partial charge < -0.3 is 16.4 Å². The van der Waals surface area contributed by atoms with Crippen LogP contribution in [0.2, 0.25) is 0 Å². The van der Waals surface area contributed by atoms with Crippen molar-refractivity contribution in [3.8, 4) is 0 Å². The molecule has 0 atom stereocenters. The van der Waals surface area contributed by atoms with Crippen LogP contribution in [0.3, 0.4) is 0 Å². The van der Waals surface area contributed by atoms with Crippen molar-refractivity contribution in [2.45, 2.75) is 0 Å². The minimum atomic E-state index is 0. The first-order valence-corrected chi connectivity index (χ1v) is 0. The summed E-state index contributed by atoms with van der Waals surface area (Å²) >= 11 is 0. The number of rotatable bonds is 0. The number of hydrogen-bond acceptors (Lipinski definition) is 0. The van der Waals surface area contributed by atoms with Gasteiger partial charge in [-0.1, -0.05) is 0 Å². The van der Waals surface area contributed by atoms with Crippen molar-refractivity contribution in [3.63, 3.8) is 0 Å². The first-order valence-electron chi connectivity index (χ1n) is 0. The Morgan fingerprint density at radius 3 is 0.600 bits per heavy atom. The minimum absolute atomic E-state index is 0. The Morgan fingerprint density at radius 2 is 0.600 bits per heavy atom. The summed E-state index contributed by atoms with van der Waals surface area (Å²) in [7, 11) is 0. The fraction of sp³-hybridized carbons (Fsp3) is 0. The van der Waals surface area contributed by atoms with E-state index in [0.29, 0.717) is 0 Å². The Labute approximate surface area is 53.9 Å². The normalized spacial score (nSPS) is 0. The third kappa shape index (κ3) is 42.7. The van der Waals surface area contributed by atoms with Crippen molar-refractivity contribution in [1.29, 1.82) is 0 Å². The van der Waals surface area contributed by atoms with Gasteiger partial charge in [0.2, 0.25) is 0 Å². The quantitative estimate of drug-likeness (QED) is 0.386. The van der Waals surface area contributed by atoms with Gasteiger partial charge >= 0.3 is 37.2 Å². The van der Waals surface area contributed by atoms with E-state index in [1.54, 1.807) is 0 Å². The Bertz CT molecular complexity index is 6.85. The maximum atomic E-state index is 0. The van der Waals surface area contributed by atoms with Gasteiger partial charge in [-0.05, 0) is 0 Å². The van der Waals surface area contributed by atoms with Crippen molar-refractivity contribution in [3.05, 3.63) is 0 Å². The molecule has 0 heterocycles. The van der Waals surface area contributed by atoms with E-state index in [1.165, 1.54) is 0 Å². The zero-order valence-electron chi connectivity index (χ0n) is 2.38. The topological polar surface area (TPSA) is 85.5 Å². The first kappa shape index (κ1) is 140. The molecular formula is AlGaO3. The van der Waals surface area contributed by atoms with Gasteiger partial charge in [0.05, 0.1) is 0 Å². The second-order valence-corrected chi connectivity index (χ2v) is 0. The van der Waals surface area contributed by atoms with Gasteiger partial charge in [0.15, 0.2) is 0 Å². The standard InChI is InChI=1S/Al.Ga.3O/q2*+3;3*-2. The van der Waals surface area contributed by atoms with Crippen LogP contribution in [-0.2, 0) is 16.4 Å². The van der Waals surface area contributed by atoms with Crippen LogP contribution in [0.4, 0.5) is 0 Å². The molecule has 0 fully saturated rings. The van der Waals surface area contributed by atoms with Crippen LogP contribution in [0.25, 0.3) is 0 Å². The Hall–Kier alpha value is 1.05. The maximum Gasteiger partial charge on any atom is 3.00 e. The molecule has 5 heavy (non-hydrogen) atoms. The van der Waals surface area contributed by atoms with Crippen molar-refractivity contribution in [2.24, 2.45) is 0 Å². The van der Waals surface area contributed by atoms with Gasteiger partial charge in [0, 0.05) is 0 Å². The monoisotopic (exact) mass is 144 g/mol. The summed E-state index contributed by atoms with van der Waals surface area (Å²) in [5.41, 5.74) is 0. The van der Waals surface area contributed by atoms with Gasteiger partial charge in [-0.15, -0.1) is 0 Å². The molecule has 0 aliphatic heterocycles. The van der Waals surface area contributed by atoms with E-state index in [9.17, 15) is 0 Å². The molecule has 0 amide bonds. The molecule has 0 aliphatic carbocycles. The summed E-state index contributed by atoms with van der Waals surface area (Å²) in [6, 6.07) is 0. The molecule has 0 spiro atoms. The smallest absolute Gasteiger partial charge is 2.00 e. The van der Waals surface area contributed by atoms with Crippen molar-refractivity contribution >= 4 is 37.2 Å². The largest absolute Gasteiger partial charge is 3.00 e. The van der Waals surface area contributed by atoms with Crippen molar-refractivity contribution < 1.29 is 16.4 Å². The molecule has 0 aliphatic rings. The maximum absolute atomic E-state index is 0. The van der Waals surface area contributed by atoms with Gasteiger partial charge in [-0.3, -0.25) is 0 Å². The Balaban J connectivity index is 0. The van der Waals surface area contributed by atoms with Gasteiger partial charge in [-0.25, -0.2) is 0 Å². The van der Waals surface area contributed by atoms with E-state index in [1.807, 2.05) is 0 Å². The van der Waals surface area contributed by atoms with E-state index in [0.717, 1.165) is 0 Å². The van der Waals surface area contributed by atoms with Crippen LogP contribution in [0.15, 0.2) is 0 Å². The molecule has 0 N–H and O–H groups in total. The van der Waals surface area contributed by atoms with E-state index >= 15 is 0 Å². The van der Waals surface area contributed by atoms with E-state index in [2.05, 4.69) is 0 Å². The minimum Gasteiger partial charge on any atom is -2.00 e. The molecule has 0 bridgehead atoms. The zero-order chi connectivity index (χ0) is 0. The molecule has 5 heteroatoms. The molecule has 0 aromatic carbocycles. The zero-order valence-corrected chi connectivity index (χ0v) is 5.96. The summed E-state index contributed by atoms with van der Waals surface area (Å²) in [5.74, 6) is 0. The van der Waals surface area contributed by atoms with Crippen molar-refractivity contribution in [1.82, 2.24) is 0 Å². The van der Waals surface area contributed by atoms with Crippen LogP contribution < -0.4 is 0 Å². The molecule has 0 radical (unpaired) electrons. The summed E-state index contributed by atoms with van der Waals surface area (Å²) in [6.07, 6.45) is 0. The van der Waals surface area contributed by atoms with E-state index in [-0.39, 0.29) is 53.6 Å². The number of hydrogen-bond donors (Lipinski definition) is 0. The third-order valence-corrected chi connectivity index (χ3v) is 0. The fourth-order valence-electron chi connectivity index (χ4n) is 0. The summed E-state index contributed by atoms with van der Waals surface area (Å²) in [4.78, 5) is 0. The molecule has 0 saturated heterocycles. The fourth-order valence-corrected chi connectivity index (χ4v) is 0. The van der Waals surface area contributed by atoms with Crippen LogP contribution in [-0.4, -0.2) is 37.2 Å². The SMILES string of the molecule is [Al+3].[Ga+3].[O-2].[O-2].[O-2]. The molecule has 0 saturated carbocycles. The predicted molar refractivity (Wildman–Crippen MR) is 13.6 cm³/mol. The van der Waals surface area contributed by atoms with E-state index in [4.69, 9.17) is 0 Å². The molecule has 0 aromatic rings. The van der Waals surface area contributed by atoms with Gasteiger partial charge in [0.25, 0.3) is 0 Å². The third-order valence-electron chi connectivity index (χ3n) is 0.